The summed E-state index contributed by atoms with van der Waals surface area (Å²) in [4.78, 5) is 11.7. The Bertz CT molecular complexity index is 849. The molecule has 2 rings (SSSR count). The third-order valence-corrected chi connectivity index (χ3v) is 4.47. The first-order valence-electron chi connectivity index (χ1n) is 7.01. The van der Waals surface area contributed by atoms with Crippen LogP contribution in [0.1, 0.15) is 11.1 Å². The molecule has 2 aromatic rings. The molecule has 0 saturated carbocycles. The Labute approximate surface area is 139 Å². The number of nitrogens with zero attached hydrogens (tertiary/aromatic N) is 1. The SMILES string of the molecule is Cc1ccc(S(=O)(=O)NCC(=O)N/N=C/c2ccccc2F)cc1. The highest BCUT2D eigenvalue weighted by Gasteiger charge is 2.14. The van der Waals surface area contributed by atoms with Gasteiger partial charge in [-0.25, -0.2) is 23.0 Å². The summed E-state index contributed by atoms with van der Waals surface area (Å²) in [6.07, 6.45) is 1.14. The number of benzene rings is 2. The van der Waals surface area contributed by atoms with Gasteiger partial charge in [-0.2, -0.15) is 5.10 Å². The average molecular weight is 349 g/mol. The minimum atomic E-state index is -3.78. The maximum atomic E-state index is 13.3. The van der Waals surface area contributed by atoms with Gasteiger partial charge < -0.3 is 0 Å². The number of nitrogens with one attached hydrogen (secondary N) is 2. The molecular formula is C16H16FN3O3S. The topological polar surface area (TPSA) is 87.6 Å². The Morgan fingerprint density at radius 3 is 2.50 bits per heavy atom. The summed E-state index contributed by atoms with van der Waals surface area (Å²) >= 11 is 0. The molecule has 0 atom stereocenters. The summed E-state index contributed by atoms with van der Waals surface area (Å²) in [5, 5.41) is 3.59. The summed E-state index contributed by atoms with van der Waals surface area (Å²) in [6, 6.07) is 12.1. The molecule has 0 saturated heterocycles. The van der Waals surface area contributed by atoms with E-state index >= 15 is 0 Å². The predicted octanol–water partition coefficient (Wildman–Crippen LogP) is 1.56. The third-order valence-electron chi connectivity index (χ3n) is 3.05. The van der Waals surface area contributed by atoms with Gasteiger partial charge in [-0.15, -0.1) is 0 Å². The van der Waals surface area contributed by atoms with Crippen molar-refractivity contribution in [3.63, 3.8) is 0 Å². The van der Waals surface area contributed by atoms with Gasteiger partial charge in [0.15, 0.2) is 0 Å². The van der Waals surface area contributed by atoms with E-state index in [-0.39, 0.29) is 10.5 Å². The second-order valence-electron chi connectivity index (χ2n) is 4.95. The lowest BCUT2D eigenvalue weighted by molar-refractivity contribution is -0.119. The van der Waals surface area contributed by atoms with E-state index in [1.165, 1.54) is 30.3 Å². The first-order valence-corrected chi connectivity index (χ1v) is 8.49. The number of amides is 1. The molecule has 0 aliphatic carbocycles. The largest absolute Gasteiger partial charge is 0.272 e. The standard InChI is InChI=1S/C16H16FN3O3S/c1-12-6-8-14(9-7-12)24(22,23)19-11-16(21)20-18-10-13-4-2-3-5-15(13)17/h2-10,19H,11H2,1H3,(H,20,21)/b18-10+. The Hall–Kier alpha value is -2.58. The van der Waals surface area contributed by atoms with Crippen LogP contribution in [0.2, 0.25) is 0 Å². The zero-order valence-electron chi connectivity index (χ0n) is 12.9. The first kappa shape index (κ1) is 17.8. The van der Waals surface area contributed by atoms with Crippen molar-refractivity contribution in [1.29, 1.82) is 0 Å². The Kier molecular flexibility index (Phi) is 5.78. The monoisotopic (exact) mass is 349 g/mol. The number of carbonyl (C=O) groups excluding carboxylic acids is 1. The zero-order valence-corrected chi connectivity index (χ0v) is 13.7. The molecule has 1 amide bonds. The van der Waals surface area contributed by atoms with E-state index in [0.29, 0.717) is 0 Å². The fourth-order valence-electron chi connectivity index (χ4n) is 1.75. The number of aryl methyl sites for hydroxylation is 1. The predicted molar refractivity (Wildman–Crippen MR) is 88.5 cm³/mol. The van der Waals surface area contributed by atoms with Gasteiger partial charge in [0.25, 0.3) is 5.91 Å². The summed E-state index contributed by atoms with van der Waals surface area (Å²) in [5.41, 5.74) is 3.26. The minimum Gasteiger partial charge on any atom is -0.272 e. The van der Waals surface area contributed by atoms with Gasteiger partial charge in [0, 0.05) is 5.56 Å². The number of halogens is 1. The van der Waals surface area contributed by atoms with E-state index in [9.17, 15) is 17.6 Å². The van der Waals surface area contributed by atoms with Gasteiger partial charge in [0.05, 0.1) is 17.7 Å². The van der Waals surface area contributed by atoms with Crippen LogP contribution in [0, 0.1) is 12.7 Å². The second-order valence-corrected chi connectivity index (χ2v) is 6.72. The van der Waals surface area contributed by atoms with E-state index < -0.39 is 28.3 Å². The highest BCUT2D eigenvalue weighted by atomic mass is 32.2. The number of hydrazone groups is 1. The fraction of sp³-hybridized carbons (Fsp3) is 0.125. The van der Waals surface area contributed by atoms with E-state index in [1.54, 1.807) is 18.2 Å². The zero-order chi connectivity index (χ0) is 17.6. The molecule has 126 valence electrons. The van der Waals surface area contributed by atoms with Crippen molar-refractivity contribution in [3.8, 4) is 0 Å². The van der Waals surface area contributed by atoms with Crippen LogP contribution in [0.3, 0.4) is 0 Å². The highest BCUT2D eigenvalue weighted by molar-refractivity contribution is 7.89. The summed E-state index contributed by atoms with van der Waals surface area (Å²) < 4.78 is 39.5. The number of hydrogen-bond donors (Lipinski definition) is 2. The van der Waals surface area contributed by atoms with Crippen LogP contribution < -0.4 is 10.1 Å². The highest BCUT2D eigenvalue weighted by Crippen LogP contribution is 2.09. The molecular weight excluding hydrogens is 333 g/mol. The smallest absolute Gasteiger partial charge is 0.255 e. The molecule has 8 heteroatoms. The van der Waals surface area contributed by atoms with E-state index in [4.69, 9.17) is 0 Å². The number of rotatable bonds is 6. The van der Waals surface area contributed by atoms with Crippen molar-refractivity contribution in [3.05, 3.63) is 65.5 Å². The van der Waals surface area contributed by atoms with Crippen LogP contribution in [0.5, 0.6) is 0 Å². The van der Waals surface area contributed by atoms with Crippen molar-refractivity contribution < 1.29 is 17.6 Å². The number of carbonyl (C=O) groups is 1. The van der Waals surface area contributed by atoms with Crippen LogP contribution >= 0.6 is 0 Å². The maximum absolute atomic E-state index is 13.3. The van der Waals surface area contributed by atoms with Gasteiger partial charge in [0.1, 0.15) is 5.82 Å². The summed E-state index contributed by atoms with van der Waals surface area (Å²) in [7, 11) is -3.78. The lowest BCUT2D eigenvalue weighted by atomic mass is 10.2. The molecule has 0 radical (unpaired) electrons. The van der Waals surface area contributed by atoms with Gasteiger partial charge in [-0.3, -0.25) is 4.79 Å². The quantitative estimate of drug-likeness (QED) is 0.613. The minimum absolute atomic E-state index is 0.0655. The summed E-state index contributed by atoms with van der Waals surface area (Å²) in [5.74, 6) is -1.14. The summed E-state index contributed by atoms with van der Waals surface area (Å²) in [6.45, 7) is 1.36. The lowest BCUT2D eigenvalue weighted by Crippen LogP contribution is -2.34. The molecule has 2 N–H and O–H groups in total. The lowest BCUT2D eigenvalue weighted by Gasteiger charge is -2.06. The molecule has 6 nitrogen and oxygen atoms in total. The second kappa shape index (κ2) is 7.80. The van der Waals surface area contributed by atoms with Crippen molar-refractivity contribution in [2.24, 2.45) is 5.10 Å². The molecule has 0 aromatic heterocycles. The van der Waals surface area contributed by atoms with Crippen molar-refractivity contribution in [1.82, 2.24) is 10.1 Å². The van der Waals surface area contributed by atoms with Gasteiger partial charge in [-0.1, -0.05) is 35.9 Å². The van der Waals surface area contributed by atoms with Gasteiger partial charge in [0.2, 0.25) is 10.0 Å². The molecule has 0 fully saturated rings. The molecule has 0 bridgehead atoms. The molecule has 0 unspecified atom stereocenters. The van der Waals surface area contributed by atoms with Gasteiger partial charge in [-0.05, 0) is 25.1 Å². The molecule has 2 aromatic carbocycles. The van der Waals surface area contributed by atoms with Crippen LogP contribution in [-0.2, 0) is 14.8 Å². The molecule has 0 aliphatic rings. The Balaban J connectivity index is 1.89. The van der Waals surface area contributed by atoms with Crippen molar-refractivity contribution in [2.45, 2.75) is 11.8 Å². The normalized spacial score (nSPS) is 11.6. The van der Waals surface area contributed by atoms with Crippen LogP contribution in [0.15, 0.2) is 58.5 Å². The van der Waals surface area contributed by atoms with E-state index in [0.717, 1.165) is 11.8 Å². The molecule has 0 spiro atoms. The molecule has 24 heavy (non-hydrogen) atoms. The molecule has 0 heterocycles. The first-order chi connectivity index (χ1) is 11.4. The van der Waals surface area contributed by atoms with Crippen LogP contribution in [0.4, 0.5) is 4.39 Å². The van der Waals surface area contributed by atoms with Gasteiger partial charge >= 0.3 is 0 Å². The van der Waals surface area contributed by atoms with Crippen molar-refractivity contribution in [2.75, 3.05) is 6.54 Å². The van der Waals surface area contributed by atoms with Crippen molar-refractivity contribution >= 4 is 22.1 Å². The average Bonchev–Trinajstić information content (AvgIpc) is 2.55. The molecule has 0 aliphatic heterocycles. The Morgan fingerprint density at radius 2 is 1.83 bits per heavy atom. The van der Waals surface area contributed by atoms with E-state index in [1.807, 2.05) is 6.92 Å². The van der Waals surface area contributed by atoms with Crippen LogP contribution in [-0.4, -0.2) is 27.1 Å². The number of hydrogen-bond acceptors (Lipinski definition) is 4. The fourth-order valence-corrected chi connectivity index (χ4v) is 2.74. The van der Waals surface area contributed by atoms with Crippen LogP contribution in [0.25, 0.3) is 0 Å². The number of sulfonamides is 1. The maximum Gasteiger partial charge on any atom is 0.255 e. The third kappa shape index (κ3) is 4.97. The Morgan fingerprint density at radius 1 is 1.17 bits per heavy atom. The van der Waals surface area contributed by atoms with E-state index in [2.05, 4.69) is 15.2 Å².